The summed E-state index contributed by atoms with van der Waals surface area (Å²) in [7, 11) is 3.38. The van der Waals surface area contributed by atoms with Crippen LogP contribution in [0.15, 0.2) is 35.4 Å². The number of benzene rings is 1. The quantitative estimate of drug-likeness (QED) is 0.715. The third-order valence-electron chi connectivity index (χ3n) is 1.76. The van der Waals surface area contributed by atoms with Crippen LogP contribution in [0.1, 0.15) is 0 Å². The van der Waals surface area contributed by atoms with Crippen LogP contribution in [-0.2, 0) is 4.79 Å². The van der Waals surface area contributed by atoms with Gasteiger partial charge in [-0.2, -0.15) is 0 Å². The molecule has 0 radical (unpaired) electrons. The first-order valence-electron chi connectivity index (χ1n) is 4.69. The van der Waals surface area contributed by atoms with Crippen molar-refractivity contribution in [2.45, 2.75) is 0 Å². The molecule has 0 spiro atoms. The highest BCUT2D eigenvalue weighted by Crippen LogP contribution is 2.02. The Morgan fingerprint density at radius 1 is 1.31 bits per heavy atom. The summed E-state index contributed by atoms with van der Waals surface area (Å²) in [6, 6.07) is 7.24. The highest BCUT2D eigenvalue weighted by atomic mass is 16.1. The minimum Gasteiger partial charge on any atom is -0.351 e. The molecule has 0 aliphatic heterocycles. The molecule has 1 N–H and O–H groups in total. The molecule has 16 heavy (non-hydrogen) atoms. The van der Waals surface area contributed by atoms with Gasteiger partial charge in [0.15, 0.2) is 0 Å². The zero-order valence-electron chi connectivity index (χ0n) is 9.18. The zero-order chi connectivity index (χ0) is 12.0. The Balaban J connectivity index is 0.000000221. The van der Waals surface area contributed by atoms with E-state index in [1.807, 2.05) is 18.2 Å². The van der Waals surface area contributed by atoms with E-state index in [0.29, 0.717) is 5.39 Å². The van der Waals surface area contributed by atoms with Crippen molar-refractivity contribution < 1.29 is 4.79 Å². The Morgan fingerprint density at radius 3 is 2.50 bits per heavy atom. The lowest BCUT2D eigenvalue weighted by Gasteiger charge is -1.93. The monoisotopic (exact) mass is 219 g/mol. The average Bonchev–Trinajstić information content (AvgIpc) is 2.30. The fraction of sp³-hybridized carbons (Fsp3) is 0.182. The summed E-state index contributed by atoms with van der Waals surface area (Å²) in [5.74, 6) is 0. The molecule has 0 saturated heterocycles. The summed E-state index contributed by atoms with van der Waals surface area (Å²) in [5.41, 5.74) is 0.645. The summed E-state index contributed by atoms with van der Waals surface area (Å²) in [6.07, 6.45) is 2.16. The molecule has 2 rings (SSSR count). The SMILES string of the molecule is CN(C)C=O.O=c1[nH]cnc2ccccc12. The number of hydrogen-bond donors (Lipinski definition) is 1. The van der Waals surface area contributed by atoms with Gasteiger partial charge in [0.1, 0.15) is 0 Å². The zero-order valence-corrected chi connectivity index (χ0v) is 9.18. The lowest BCUT2D eigenvalue weighted by atomic mass is 10.2. The van der Waals surface area contributed by atoms with Gasteiger partial charge in [-0.25, -0.2) is 4.98 Å². The molecule has 0 aliphatic rings. The summed E-state index contributed by atoms with van der Waals surface area (Å²) >= 11 is 0. The second-order valence-corrected chi connectivity index (χ2v) is 3.32. The molecular formula is C11H13N3O2. The number of aromatic nitrogens is 2. The van der Waals surface area contributed by atoms with Crippen LogP contribution in [0.4, 0.5) is 0 Å². The van der Waals surface area contributed by atoms with E-state index in [2.05, 4.69) is 9.97 Å². The van der Waals surface area contributed by atoms with Crippen molar-refractivity contribution in [3.8, 4) is 0 Å². The van der Waals surface area contributed by atoms with Crippen LogP contribution in [0.25, 0.3) is 10.9 Å². The van der Waals surface area contributed by atoms with Gasteiger partial charge in [-0.15, -0.1) is 0 Å². The van der Waals surface area contributed by atoms with Crippen molar-refractivity contribution in [2.24, 2.45) is 0 Å². The van der Waals surface area contributed by atoms with Crippen molar-refractivity contribution >= 4 is 17.3 Å². The Labute approximate surface area is 92.7 Å². The van der Waals surface area contributed by atoms with Crippen LogP contribution in [-0.4, -0.2) is 35.4 Å². The van der Waals surface area contributed by atoms with Gasteiger partial charge in [0, 0.05) is 14.1 Å². The van der Waals surface area contributed by atoms with E-state index in [1.54, 1.807) is 20.2 Å². The number of carbonyl (C=O) groups excluding carboxylic acids is 1. The predicted molar refractivity (Wildman–Crippen MR) is 62.1 cm³/mol. The molecule has 2 aromatic rings. The van der Waals surface area contributed by atoms with Gasteiger partial charge in [-0.05, 0) is 12.1 Å². The fourth-order valence-corrected chi connectivity index (χ4v) is 1.02. The lowest BCUT2D eigenvalue weighted by Crippen LogP contribution is -2.06. The molecule has 0 aliphatic carbocycles. The van der Waals surface area contributed by atoms with Gasteiger partial charge in [0.25, 0.3) is 5.56 Å². The molecule has 1 aromatic carbocycles. The highest BCUT2D eigenvalue weighted by Gasteiger charge is 1.94. The molecule has 5 heteroatoms. The van der Waals surface area contributed by atoms with Crippen molar-refractivity contribution in [3.63, 3.8) is 0 Å². The van der Waals surface area contributed by atoms with Crippen LogP contribution in [0, 0.1) is 0 Å². The van der Waals surface area contributed by atoms with Crippen LogP contribution in [0.5, 0.6) is 0 Å². The molecule has 0 saturated carbocycles. The Kier molecular flexibility index (Phi) is 4.20. The van der Waals surface area contributed by atoms with Gasteiger partial charge in [-0.1, -0.05) is 12.1 Å². The maximum absolute atomic E-state index is 11.1. The largest absolute Gasteiger partial charge is 0.351 e. The first-order valence-corrected chi connectivity index (χ1v) is 4.69. The van der Waals surface area contributed by atoms with Crippen molar-refractivity contribution in [1.82, 2.24) is 14.9 Å². The minimum atomic E-state index is -0.0874. The van der Waals surface area contributed by atoms with Crippen LogP contribution in [0.3, 0.4) is 0 Å². The number of nitrogens with zero attached hydrogens (tertiary/aromatic N) is 2. The first kappa shape index (κ1) is 11.9. The molecule has 0 bridgehead atoms. The third kappa shape index (κ3) is 3.20. The Bertz CT molecular complexity index is 514. The topological polar surface area (TPSA) is 66.1 Å². The molecule has 0 unspecified atom stereocenters. The number of rotatable bonds is 1. The summed E-state index contributed by atoms with van der Waals surface area (Å²) in [5, 5.41) is 0.634. The second kappa shape index (κ2) is 5.65. The van der Waals surface area contributed by atoms with Crippen molar-refractivity contribution in [3.05, 3.63) is 40.9 Å². The molecule has 1 amide bonds. The summed E-state index contributed by atoms with van der Waals surface area (Å²) in [4.78, 5) is 28.5. The summed E-state index contributed by atoms with van der Waals surface area (Å²) in [6.45, 7) is 0. The lowest BCUT2D eigenvalue weighted by molar-refractivity contribution is -0.115. The number of hydrogen-bond acceptors (Lipinski definition) is 3. The molecule has 1 heterocycles. The number of fused-ring (bicyclic) bond motifs is 1. The number of amides is 1. The van der Waals surface area contributed by atoms with Crippen molar-refractivity contribution in [1.29, 1.82) is 0 Å². The van der Waals surface area contributed by atoms with Gasteiger partial charge in [-0.3, -0.25) is 9.59 Å². The van der Waals surface area contributed by atoms with E-state index < -0.39 is 0 Å². The fourth-order valence-electron chi connectivity index (χ4n) is 1.02. The second-order valence-electron chi connectivity index (χ2n) is 3.32. The smallest absolute Gasteiger partial charge is 0.258 e. The van der Waals surface area contributed by atoms with Crippen molar-refractivity contribution in [2.75, 3.05) is 14.1 Å². The molecule has 0 fully saturated rings. The third-order valence-corrected chi connectivity index (χ3v) is 1.76. The van der Waals surface area contributed by atoms with E-state index in [9.17, 15) is 9.59 Å². The predicted octanol–water partition coefficient (Wildman–Crippen LogP) is 0.627. The van der Waals surface area contributed by atoms with Crippen LogP contribution in [0.2, 0.25) is 0 Å². The maximum atomic E-state index is 11.1. The van der Waals surface area contributed by atoms with E-state index >= 15 is 0 Å². The first-order chi connectivity index (χ1) is 7.65. The molecular weight excluding hydrogens is 206 g/mol. The number of nitrogens with one attached hydrogen (secondary N) is 1. The number of aromatic amines is 1. The minimum absolute atomic E-state index is 0.0874. The van der Waals surface area contributed by atoms with Crippen LogP contribution < -0.4 is 5.56 Å². The van der Waals surface area contributed by atoms with Gasteiger partial charge >= 0.3 is 0 Å². The number of para-hydroxylation sites is 1. The van der Waals surface area contributed by atoms with E-state index in [0.717, 1.165) is 11.9 Å². The number of carbonyl (C=O) groups is 1. The molecule has 5 nitrogen and oxygen atoms in total. The van der Waals surface area contributed by atoms with Gasteiger partial charge in [0.05, 0.1) is 17.2 Å². The summed E-state index contributed by atoms with van der Waals surface area (Å²) < 4.78 is 0. The molecule has 84 valence electrons. The van der Waals surface area contributed by atoms with E-state index in [4.69, 9.17) is 0 Å². The van der Waals surface area contributed by atoms with Crippen LogP contribution >= 0.6 is 0 Å². The van der Waals surface area contributed by atoms with Gasteiger partial charge < -0.3 is 9.88 Å². The maximum Gasteiger partial charge on any atom is 0.258 e. The Morgan fingerprint density at radius 2 is 1.94 bits per heavy atom. The highest BCUT2D eigenvalue weighted by molar-refractivity contribution is 5.76. The normalized spacial score (nSPS) is 9.12. The van der Waals surface area contributed by atoms with E-state index in [-0.39, 0.29) is 5.56 Å². The van der Waals surface area contributed by atoms with E-state index in [1.165, 1.54) is 11.2 Å². The molecule has 1 aromatic heterocycles. The number of H-pyrrole nitrogens is 1. The Hall–Kier alpha value is -2.17. The molecule has 0 atom stereocenters. The average molecular weight is 219 g/mol. The standard InChI is InChI=1S/C8H6N2O.C3H7NO/c11-8-6-3-1-2-4-7(6)9-5-10-8;1-4(2)3-5/h1-5H,(H,9,10,11);3H,1-2H3. The van der Waals surface area contributed by atoms with Gasteiger partial charge in [0.2, 0.25) is 6.41 Å².